The number of hydrogen-bond donors (Lipinski definition) is 2. The van der Waals surface area contributed by atoms with Gasteiger partial charge in [-0.25, -0.2) is 4.98 Å². The van der Waals surface area contributed by atoms with Crippen LogP contribution in [0.25, 0.3) is 5.65 Å². The molecule has 0 fully saturated rings. The van der Waals surface area contributed by atoms with Crippen LogP contribution in [-0.4, -0.2) is 45.7 Å². The smallest absolute Gasteiger partial charge is 0.163 e. The summed E-state index contributed by atoms with van der Waals surface area (Å²) in [6.45, 7) is 13.9. The minimum Gasteiger partial charge on any atom is -0.369 e. The Morgan fingerprint density at radius 3 is 2.50 bits per heavy atom. The lowest BCUT2D eigenvalue weighted by Crippen LogP contribution is -2.31. The summed E-state index contributed by atoms with van der Waals surface area (Å²) >= 11 is 0. The minimum atomic E-state index is 0.371. The zero-order valence-corrected chi connectivity index (χ0v) is 20.3. The summed E-state index contributed by atoms with van der Waals surface area (Å²) in [4.78, 5) is 7.48. The highest BCUT2D eigenvalue weighted by molar-refractivity contribution is 5.61. The van der Waals surface area contributed by atoms with Crippen molar-refractivity contribution in [1.82, 2.24) is 19.5 Å². The number of fused-ring (bicyclic) bond motifs is 1. The molecule has 2 aromatic heterocycles. The van der Waals surface area contributed by atoms with Crippen LogP contribution in [-0.2, 0) is 6.54 Å². The van der Waals surface area contributed by atoms with Gasteiger partial charge in [0.2, 0.25) is 0 Å². The van der Waals surface area contributed by atoms with Crippen LogP contribution in [0.4, 0.5) is 11.6 Å². The van der Waals surface area contributed by atoms with Crippen molar-refractivity contribution < 1.29 is 0 Å². The maximum absolute atomic E-state index is 4.92. The van der Waals surface area contributed by atoms with Crippen molar-refractivity contribution in [2.45, 2.75) is 65.8 Å². The van der Waals surface area contributed by atoms with Gasteiger partial charge >= 0.3 is 0 Å². The first-order valence-corrected chi connectivity index (χ1v) is 12.2. The molecule has 0 spiro atoms. The van der Waals surface area contributed by atoms with Crippen LogP contribution in [0.15, 0.2) is 42.6 Å². The third kappa shape index (κ3) is 6.70. The van der Waals surface area contributed by atoms with Crippen LogP contribution in [0.2, 0.25) is 0 Å². The SMILES string of the molecule is CCCCCN(CCC)CCNc1cc(NCc2ccccc2)n2ncc(C(C)C)c2n1. The highest BCUT2D eigenvalue weighted by Crippen LogP contribution is 2.24. The molecule has 6 heteroatoms. The summed E-state index contributed by atoms with van der Waals surface area (Å²) in [6, 6.07) is 12.5. The van der Waals surface area contributed by atoms with Crippen LogP contribution in [0.5, 0.6) is 0 Å². The van der Waals surface area contributed by atoms with Crippen molar-refractivity contribution in [2.24, 2.45) is 0 Å². The number of nitrogens with zero attached hydrogens (tertiary/aromatic N) is 4. The molecule has 32 heavy (non-hydrogen) atoms. The van der Waals surface area contributed by atoms with E-state index in [4.69, 9.17) is 4.98 Å². The zero-order valence-electron chi connectivity index (χ0n) is 20.3. The molecule has 6 nitrogen and oxygen atoms in total. The van der Waals surface area contributed by atoms with Crippen molar-refractivity contribution in [3.8, 4) is 0 Å². The molecular weight excluding hydrogens is 396 g/mol. The van der Waals surface area contributed by atoms with E-state index < -0.39 is 0 Å². The second kappa shape index (κ2) is 12.4. The molecule has 3 aromatic rings. The van der Waals surface area contributed by atoms with Crippen LogP contribution in [0.3, 0.4) is 0 Å². The van der Waals surface area contributed by atoms with Crippen molar-refractivity contribution in [3.63, 3.8) is 0 Å². The van der Waals surface area contributed by atoms with Gasteiger partial charge in [-0.2, -0.15) is 9.61 Å². The Bertz CT molecular complexity index is 934. The molecule has 0 aliphatic carbocycles. The topological polar surface area (TPSA) is 57.5 Å². The highest BCUT2D eigenvalue weighted by atomic mass is 15.3. The van der Waals surface area contributed by atoms with Crippen LogP contribution < -0.4 is 10.6 Å². The van der Waals surface area contributed by atoms with Gasteiger partial charge in [0.15, 0.2) is 5.65 Å². The molecule has 0 unspecified atom stereocenters. The van der Waals surface area contributed by atoms with Gasteiger partial charge in [-0.15, -0.1) is 0 Å². The average molecular weight is 437 g/mol. The van der Waals surface area contributed by atoms with Gasteiger partial charge in [0, 0.05) is 31.3 Å². The molecule has 0 saturated heterocycles. The first-order chi connectivity index (χ1) is 15.6. The largest absolute Gasteiger partial charge is 0.369 e. The molecule has 0 aliphatic heterocycles. The van der Waals surface area contributed by atoms with Gasteiger partial charge in [0.1, 0.15) is 11.6 Å². The van der Waals surface area contributed by atoms with Gasteiger partial charge < -0.3 is 15.5 Å². The minimum absolute atomic E-state index is 0.371. The Kier molecular flexibility index (Phi) is 9.35. The van der Waals surface area contributed by atoms with Gasteiger partial charge in [0.25, 0.3) is 0 Å². The normalized spacial score (nSPS) is 11.6. The predicted octanol–water partition coefficient (Wildman–Crippen LogP) is 5.78. The Morgan fingerprint density at radius 2 is 1.78 bits per heavy atom. The maximum Gasteiger partial charge on any atom is 0.163 e. The summed E-state index contributed by atoms with van der Waals surface area (Å²) in [5.74, 6) is 2.23. The molecule has 0 amide bonds. The second-order valence-corrected chi connectivity index (χ2v) is 8.83. The summed E-state index contributed by atoms with van der Waals surface area (Å²) in [7, 11) is 0. The summed E-state index contributed by atoms with van der Waals surface area (Å²) in [6.07, 6.45) is 6.99. The van der Waals surface area contributed by atoms with E-state index in [1.54, 1.807) is 0 Å². The molecule has 0 aliphatic rings. The van der Waals surface area contributed by atoms with Crippen molar-refractivity contribution >= 4 is 17.3 Å². The number of hydrogen-bond acceptors (Lipinski definition) is 5. The molecule has 0 atom stereocenters. The predicted molar refractivity (Wildman–Crippen MR) is 136 cm³/mol. The van der Waals surface area contributed by atoms with Crippen LogP contribution >= 0.6 is 0 Å². The number of nitrogens with one attached hydrogen (secondary N) is 2. The maximum atomic E-state index is 4.92. The molecule has 1 aromatic carbocycles. The first kappa shape index (κ1) is 24.1. The van der Waals surface area contributed by atoms with Crippen molar-refractivity contribution in [2.75, 3.05) is 36.8 Å². The van der Waals surface area contributed by atoms with Gasteiger partial charge in [0.05, 0.1) is 6.20 Å². The van der Waals surface area contributed by atoms with Gasteiger partial charge in [-0.05, 0) is 37.4 Å². The monoisotopic (exact) mass is 436 g/mol. The van der Waals surface area contributed by atoms with E-state index in [1.807, 2.05) is 16.8 Å². The molecular formula is C26H40N6. The molecule has 3 rings (SSSR count). The Morgan fingerprint density at radius 1 is 0.969 bits per heavy atom. The van der Waals surface area contributed by atoms with Gasteiger partial charge in [-0.1, -0.05) is 70.9 Å². The lowest BCUT2D eigenvalue weighted by molar-refractivity contribution is 0.278. The number of benzene rings is 1. The van der Waals surface area contributed by atoms with Crippen LogP contribution in [0.1, 0.15) is 70.4 Å². The van der Waals surface area contributed by atoms with E-state index in [0.29, 0.717) is 5.92 Å². The Labute approximate surface area is 193 Å². The molecule has 2 heterocycles. The standard InChI is InChI=1S/C26H40N6/c1-5-7-11-16-31(15-6-2)17-14-27-24-18-25(28-19-22-12-9-8-10-13-22)32-26(30-24)23(20-29-32)21(3)4/h8-10,12-13,18,20-21,28H,5-7,11,14-17,19H2,1-4H3,(H,27,30). The van der Waals surface area contributed by atoms with E-state index in [0.717, 1.165) is 43.5 Å². The lowest BCUT2D eigenvalue weighted by Gasteiger charge is -2.22. The zero-order chi connectivity index (χ0) is 22.8. The number of rotatable bonds is 14. The molecule has 2 N–H and O–H groups in total. The Hall–Kier alpha value is -2.60. The summed E-state index contributed by atoms with van der Waals surface area (Å²) < 4.78 is 1.93. The second-order valence-electron chi connectivity index (χ2n) is 8.83. The molecule has 174 valence electrons. The van der Waals surface area contributed by atoms with Crippen LogP contribution in [0, 0.1) is 0 Å². The molecule has 0 saturated carbocycles. The molecule has 0 radical (unpaired) electrons. The number of aromatic nitrogens is 3. The first-order valence-electron chi connectivity index (χ1n) is 12.2. The summed E-state index contributed by atoms with van der Waals surface area (Å²) in [5, 5.41) is 11.8. The van der Waals surface area contributed by atoms with E-state index >= 15 is 0 Å². The lowest BCUT2D eigenvalue weighted by atomic mass is 10.1. The van der Waals surface area contributed by atoms with Crippen molar-refractivity contribution in [1.29, 1.82) is 0 Å². The van der Waals surface area contributed by atoms with E-state index in [-0.39, 0.29) is 0 Å². The summed E-state index contributed by atoms with van der Waals surface area (Å²) in [5.41, 5.74) is 3.34. The highest BCUT2D eigenvalue weighted by Gasteiger charge is 2.14. The van der Waals surface area contributed by atoms with Crippen molar-refractivity contribution in [3.05, 3.63) is 53.7 Å². The third-order valence-corrected chi connectivity index (χ3v) is 5.79. The fourth-order valence-corrected chi connectivity index (χ4v) is 3.97. The number of anilines is 2. The fourth-order valence-electron chi connectivity index (χ4n) is 3.97. The average Bonchev–Trinajstić information content (AvgIpc) is 3.23. The fraction of sp³-hybridized carbons (Fsp3) is 0.538. The van der Waals surface area contributed by atoms with E-state index in [9.17, 15) is 0 Å². The number of unbranched alkanes of at least 4 members (excludes halogenated alkanes) is 2. The molecule has 0 bridgehead atoms. The quantitative estimate of drug-likeness (QED) is 0.314. The van der Waals surface area contributed by atoms with Gasteiger partial charge in [-0.3, -0.25) is 0 Å². The van der Waals surface area contributed by atoms with E-state index in [1.165, 1.54) is 43.4 Å². The third-order valence-electron chi connectivity index (χ3n) is 5.79. The Balaban J connectivity index is 1.73. The van der Waals surface area contributed by atoms with E-state index in [2.05, 4.69) is 78.7 Å².